The van der Waals surface area contributed by atoms with Gasteiger partial charge >= 0.3 is 0 Å². The SMILES string of the molecule is CCOCC1CC(C(C)(C)C)CCC1CNC(C)C. The molecule has 1 N–H and O–H groups in total. The van der Waals surface area contributed by atoms with Crippen LogP contribution in [0.5, 0.6) is 0 Å². The van der Waals surface area contributed by atoms with Gasteiger partial charge in [0.1, 0.15) is 0 Å². The predicted molar refractivity (Wildman–Crippen MR) is 83.4 cm³/mol. The van der Waals surface area contributed by atoms with Crippen molar-refractivity contribution < 1.29 is 4.74 Å². The largest absolute Gasteiger partial charge is 0.381 e. The molecule has 2 heteroatoms. The Morgan fingerprint density at radius 3 is 2.37 bits per heavy atom. The van der Waals surface area contributed by atoms with Crippen molar-refractivity contribution in [2.24, 2.45) is 23.2 Å². The average molecular weight is 269 g/mol. The molecule has 0 aromatic carbocycles. The van der Waals surface area contributed by atoms with Crippen LogP contribution in [0.1, 0.15) is 60.8 Å². The monoisotopic (exact) mass is 269 g/mol. The average Bonchev–Trinajstić information content (AvgIpc) is 2.32. The van der Waals surface area contributed by atoms with Crippen molar-refractivity contribution in [3.05, 3.63) is 0 Å². The normalized spacial score (nSPS) is 28.9. The van der Waals surface area contributed by atoms with Gasteiger partial charge in [-0.05, 0) is 55.9 Å². The zero-order valence-electron chi connectivity index (χ0n) is 14.0. The molecule has 19 heavy (non-hydrogen) atoms. The minimum absolute atomic E-state index is 0.445. The maximum Gasteiger partial charge on any atom is 0.0497 e. The van der Waals surface area contributed by atoms with Gasteiger partial charge in [-0.1, -0.05) is 34.6 Å². The number of ether oxygens (including phenoxy) is 1. The Kier molecular flexibility index (Phi) is 6.82. The molecule has 1 fully saturated rings. The molecule has 0 heterocycles. The second-order valence-corrected chi connectivity index (χ2v) is 7.62. The quantitative estimate of drug-likeness (QED) is 0.784. The van der Waals surface area contributed by atoms with Crippen molar-refractivity contribution in [3.63, 3.8) is 0 Å². The maximum absolute atomic E-state index is 5.74. The van der Waals surface area contributed by atoms with Crippen LogP contribution in [0.25, 0.3) is 0 Å². The Morgan fingerprint density at radius 2 is 1.84 bits per heavy atom. The lowest BCUT2D eigenvalue weighted by Crippen LogP contribution is -2.40. The van der Waals surface area contributed by atoms with Gasteiger partial charge in [-0.25, -0.2) is 0 Å². The van der Waals surface area contributed by atoms with Crippen LogP contribution in [0.2, 0.25) is 0 Å². The molecule has 0 bridgehead atoms. The summed E-state index contributed by atoms with van der Waals surface area (Å²) in [7, 11) is 0. The molecular formula is C17H35NO. The van der Waals surface area contributed by atoms with Gasteiger partial charge in [0, 0.05) is 19.3 Å². The highest BCUT2D eigenvalue weighted by Crippen LogP contribution is 2.42. The maximum atomic E-state index is 5.74. The van der Waals surface area contributed by atoms with Crippen molar-refractivity contribution in [1.29, 1.82) is 0 Å². The molecule has 0 spiro atoms. The van der Waals surface area contributed by atoms with E-state index in [1.807, 2.05) is 0 Å². The third-order valence-electron chi connectivity index (χ3n) is 4.69. The Hall–Kier alpha value is -0.0800. The van der Waals surface area contributed by atoms with Crippen LogP contribution in [0.15, 0.2) is 0 Å². The minimum atomic E-state index is 0.445. The highest BCUT2D eigenvalue weighted by molar-refractivity contribution is 4.86. The summed E-state index contributed by atoms with van der Waals surface area (Å²) >= 11 is 0. The zero-order chi connectivity index (χ0) is 14.5. The van der Waals surface area contributed by atoms with Crippen molar-refractivity contribution in [2.45, 2.75) is 66.8 Å². The van der Waals surface area contributed by atoms with E-state index in [2.05, 4.69) is 46.9 Å². The molecule has 1 saturated carbocycles. The lowest BCUT2D eigenvalue weighted by Gasteiger charge is -2.42. The first-order chi connectivity index (χ1) is 8.84. The van der Waals surface area contributed by atoms with Crippen molar-refractivity contribution in [3.8, 4) is 0 Å². The molecule has 0 aromatic heterocycles. The molecule has 114 valence electrons. The van der Waals surface area contributed by atoms with Crippen molar-refractivity contribution >= 4 is 0 Å². The van der Waals surface area contributed by atoms with Gasteiger partial charge in [-0.15, -0.1) is 0 Å². The number of rotatable bonds is 6. The molecule has 1 aliphatic rings. The van der Waals surface area contributed by atoms with E-state index in [-0.39, 0.29) is 0 Å². The first-order valence-corrected chi connectivity index (χ1v) is 8.15. The van der Waals surface area contributed by atoms with Crippen LogP contribution in [0.3, 0.4) is 0 Å². The summed E-state index contributed by atoms with van der Waals surface area (Å²) in [5.41, 5.74) is 0.445. The van der Waals surface area contributed by atoms with Crippen LogP contribution in [0, 0.1) is 23.2 Å². The summed E-state index contributed by atoms with van der Waals surface area (Å²) < 4.78 is 5.74. The zero-order valence-corrected chi connectivity index (χ0v) is 14.0. The Labute approximate surface area is 120 Å². The standard InChI is InChI=1S/C17H35NO/c1-7-19-12-15-10-16(17(4,5)6)9-8-14(15)11-18-13(2)3/h13-16,18H,7-12H2,1-6H3. The molecule has 0 saturated heterocycles. The lowest BCUT2D eigenvalue weighted by atomic mass is 9.65. The van der Waals surface area contributed by atoms with Gasteiger partial charge in [-0.2, -0.15) is 0 Å². The van der Waals surface area contributed by atoms with Gasteiger partial charge < -0.3 is 10.1 Å². The van der Waals surface area contributed by atoms with E-state index in [1.165, 1.54) is 19.3 Å². The van der Waals surface area contributed by atoms with Crippen LogP contribution >= 0.6 is 0 Å². The fourth-order valence-corrected chi connectivity index (χ4v) is 3.24. The van der Waals surface area contributed by atoms with Crippen LogP contribution < -0.4 is 5.32 Å². The summed E-state index contributed by atoms with van der Waals surface area (Å²) in [5.74, 6) is 2.39. The van der Waals surface area contributed by atoms with Gasteiger partial charge in [0.15, 0.2) is 0 Å². The Morgan fingerprint density at radius 1 is 1.16 bits per heavy atom. The first kappa shape index (κ1) is 17.0. The molecule has 1 rings (SSSR count). The highest BCUT2D eigenvalue weighted by atomic mass is 16.5. The first-order valence-electron chi connectivity index (χ1n) is 8.15. The summed E-state index contributed by atoms with van der Waals surface area (Å²) in [6.45, 7) is 16.7. The summed E-state index contributed by atoms with van der Waals surface area (Å²) in [4.78, 5) is 0. The summed E-state index contributed by atoms with van der Waals surface area (Å²) in [6.07, 6.45) is 4.09. The van der Waals surface area contributed by atoms with E-state index in [4.69, 9.17) is 4.74 Å². The topological polar surface area (TPSA) is 21.3 Å². The minimum Gasteiger partial charge on any atom is -0.381 e. The van der Waals surface area contributed by atoms with Crippen LogP contribution in [-0.2, 0) is 4.74 Å². The Balaban J connectivity index is 2.56. The summed E-state index contributed by atoms with van der Waals surface area (Å²) in [5, 5.41) is 3.62. The number of hydrogen-bond donors (Lipinski definition) is 1. The molecule has 0 aromatic rings. The van der Waals surface area contributed by atoms with Gasteiger partial charge in [0.2, 0.25) is 0 Å². The molecule has 0 radical (unpaired) electrons. The van der Waals surface area contributed by atoms with E-state index in [9.17, 15) is 0 Å². The molecule has 0 aliphatic heterocycles. The second kappa shape index (κ2) is 7.64. The van der Waals surface area contributed by atoms with E-state index in [1.54, 1.807) is 0 Å². The summed E-state index contributed by atoms with van der Waals surface area (Å²) in [6, 6.07) is 0.591. The number of nitrogens with one attached hydrogen (secondary N) is 1. The smallest absolute Gasteiger partial charge is 0.0497 e. The molecule has 0 amide bonds. The molecule has 2 nitrogen and oxygen atoms in total. The molecule has 3 unspecified atom stereocenters. The highest BCUT2D eigenvalue weighted by Gasteiger charge is 2.35. The predicted octanol–water partition coefficient (Wildman–Crippen LogP) is 4.10. The van der Waals surface area contributed by atoms with Gasteiger partial charge in [0.25, 0.3) is 0 Å². The van der Waals surface area contributed by atoms with Crippen LogP contribution in [0.4, 0.5) is 0 Å². The third kappa shape index (κ3) is 5.83. The van der Waals surface area contributed by atoms with Gasteiger partial charge in [-0.3, -0.25) is 0 Å². The van der Waals surface area contributed by atoms with E-state index < -0.39 is 0 Å². The van der Waals surface area contributed by atoms with Crippen molar-refractivity contribution in [1.82, 2.24) is 5.32 Å². The van der Waals surface area contributed by atoms with E-state index >= 15 is 0 Å². The Bertz CT molecular complexity index is 244. The van der Waals surface area contributed by atoms with Gasteiger partial charge in [0.05, 0.1) is 0 Å². The van der Waals surface area contributed by atoms with Crippen molar-refractivity contribution in [2.75, 3.05) is 19.8 Å². The lowest BCUT2D eigenvalue weighted by molar-refractivity contribution is 0.0264. The molecule has 1 aliphatic carbocycles. The second-order valence-electron chi connectivity index (χ2n) is 7.62. The number of hydrogen-bond acceptors (Lipinski definition) is 2. The fourth-order valence-electron chi connectivity index (χ4n) is 3.24. The fraction of sp³-hybridized carbons (Fsp3) is 1.00. The van der Waals surface area contributed by atoms with E-state index in [0.29, 0.717) is 11.5 Å². The third-order valence-corrected chi connectivity index (χ3v) is 4.69. The molecular weight excluding hydrogens is 234 g/mol. The molecule has 3 atom stereocenters. The van der Waals surface area contributed by atoms with Crippen LogP contribution in [-0.4, -0.2) is 25.8 Å². The van der Waals surface area contributed by atoms with E-state index in [0.717, 1.165) is 37.5 Å².